The van der Waals surface area contributed by atoms with Crippen molar-refractivity contribution in [2.75, 3.05) is 0 Å². The maximum absolute atomic E-state index is 5.32. The molecular weight excluding hydrogens is 661 g/mol. The smallest absolute Gasteiger partial charge is 0.0716 e. The number of aryl methyl sites for hydroxylation is 2. The van der Waals surface area contributed by atoms with Crippen LogP contribution in [0.25, 0.3) is 64.4 Å². The van der Waals surface area contributed by atoms with Gasteiger partial charge in [-0.1, -0.05) is 128 Å². The van der Waals surface area contributed by atoms with Crippen molar-refractivity contribution in [2.24, 2.45) is 4.99 Å². The van der Waals surface area contributed by atoms with Gasteiger partial charge in [0.2, 0.25) is 0 Å². The Bertz CT molecular complexity index is 2870. The van der Waals surface area contributed by atoms with Crippen molar-refractivity contribution in [2.45, 2.75) is 33.6 Å². The molecule has 2 aromatic heterocycles. The van der Waals surface area contributed by atoms with Gasteiger partial charge in [-0.15, -0.1) is 11.3 Å². The molecule has 6 aromatic carbocycles. The van der Waals surface area contributed by atoms with Crippen LogP contribution in [0.5, 0.6) is 0 Å². The van der Waals surface area contributed by atoms with E-state index in [1.54, 1.807) is 0 Å². The van der Waals surface area contributed by atoms with Crippen LogP contribution < -0.4 is 0 Å². The third kappa shape index (κ3) is 5.88. The number of rotatable bonds is 7. The van der Waals surface area contributed by atoms with E-state index in [1.807, 2.05) is 11.3 Å². The van der Waals surface area contributed by atoms with Crippen molar-refractivity contribution >= 4 is 70.3 Å². The molecule has 0 N–H and O–H groups in total. The Kier molecular flexibility index (Phi) is 8.37. The predicted molar refractivity (Wildman–Crippen MR) is 231 cm³/mol. The first-order valence-electron chi connectivity index (χ1n) is 18.4. The lowest BCUT2D eigenvalue weighted by molar-refractivity contribution is 0.930. The zero-order valence-electron chi connectivity index (χ0n) is 30.4. The molecule has 3 heteroatoms. The number of aliphatic imine (C=N–C) groups is 1. The van der Waals surface area contributed by atoms with E-state index in [9.17, 15) is 0 Å². The second kappa shape index (κ2) is 13.5. The van der Waals surface area contributed by atoms with Crippen LogP contribution in [0.2, 0.25) is 0 Å². The van der Waals surface area contributed by atoms with Crippen LogP contribution in [0.3, 0.4) is 0 Å². The SMILES string of the molecule is C=C(/C=C(\N=C(C)c1ccccc1)C1=CC=C(n2c3ccccc3c3ccc4c5ccccc5sc4c32)CC1)c1ccc(C)c(-c2ccccc2C)c1. The molecule has 1 aliphatic rings. The van der Waals surface area contributed by atoms with Crippen molar-refractivity contribution in [3.8, 4) is 11.1 Å². The van der Waals surface area contributed by atoms with Gasteiger partial charge in [-0.25, -0.2) is 0 Å². The quantitative estimate of drug-likeness (QED) is 0.116. The number of fused-ring (bicyclic) bond motifs is 7. The van der Waals surface area contributed by atoms with E-state index in [0.29, 0.717) is 0 Å². The summed E-state index contributed by atoms with van der Waals surface area (Å²) in [5.41, 5.74) is 15.2. The van der Waals surface area contributed by atoms with Crippen LogP contribution in [0.15, 0.2) is 175 Å². The van der Waals surface area contributed by atoms with Gasteiger partial charge in [0.25, 0.3) is 0 Å². The molecule has 0 atom stereocenters. The van der Waals surface area contributed by atoms with Gasteiger partial charge >= 0.3 is 0 Å². The summed E-state index contributed by atoms with van der Waals surface area (Å²) in [7, 11) is 0. The van der Waals surface area contributed by atoms with E-state index in [2.05, 4.69) is 184 Å². The lowest BCUT2D eigenvalue weighted by Gasteiger charge is -2.19. The Morgan fingerprint density at radius 3 is 2.19 bits per heavy atom. The summed E-state index contributed by atoms with van der Waals surface area (Å²) in [6, 6.07) is 48.0. The van der Waals surface area contributed by atoms with Crippen molar-refractivity contribution in [1.82, 2.24) is 4.57 Å². The molecule has 0 saturated carbocycles. The van der Waals surface area contributed by atoms with Crippen LogP contribution in [0.1, 0.15) is 42.0 Å². The second-order valence-electron chi connectivity index (χ2n) is 14.1. The van der Waals surface area contributed by atoms with Crippen LogP contribution in [0, 0.1) is 13.8 Å². The number of benzene rings is 6. The van der Waals surface area contributed by atoms with Crippen molar-refractivity contribution in [3.63, 3.8) is 0 Å². The van der Waals surface area contributed by atoms with Crippen LogP contribution in [-0.2, 0) is 0 Å². The summed E-state index contributed by atoms with van der Waals surface area (Å²) in [5, 5.41) is 5.25. The molecule has 9 rings (SSSR count). The molecule has 2 heterocycles. The van der Waals surface area contributed by atoms with Gasteiger partial charge in [0, 0.05) is 37.7 Å². The van der Waals surface area contributed by atoms with Gasteiger partial charge < -0.3 is 4.57 Å². The zero-order valence-corrected chi connectivity index (χ0v) is 31.2. The van der Waals surface area contributed by atoms with E-state index in [1.165, 1.54) is 75.5 Å². The highest BCUT2D eigenvalue weighted by atomic mass is 32.1. The minimum Gasteiger partial charge on any atom is -0.312 e. The van der Waals surface area contributed by atoms with Crippen LogP contribution in [0.4, 0.5) is 0 Å². The normalized spacial score (nSPS) is 13.9. The third-order valence-electron chi connectivity index (χ3n) is 10.8. The van der Waals surface area contributed by atoms with E-state index in [0.717, 1.165) is 41.0 Å². The molecule has 0 amide bonds. The van der Waals surface area contributed by atoms with Gasteiger partial charge in [0.15, 0.2) is 0 Å². The molecule has 0 unspecified atom stereocenters. The molecule has 0 radical (unpaired) electrons. The maximum atomic E-state index is 5.32. The van der Waals surface area contributed by atoms with Gasteiger partial charge in [-0.3, -0.25) is 4.99 Å². The summed E-state index contributed by atoms with van der Waals surface area (Å²) in [6.07, 6.45) is 8.56. The number of thiophene rings is 1. The molecule has 53 heavy (non-hydrogen) atoms. The lowest BCUT2D eigenvalue weighted by Crippen LogP contribution is -2.04. The number of hydrogen-bond donors (Lipinski definition) is 0. The number of allylic oxidation sites excluding steroid dienone is 6. The minimum absolute atomic E-state index is 0.870. The Morgan fingerprint density at radius 1 is 0.660 bits per heavy atom. The van der Waals surface area contributed by atoms with Gasteiger partial charge in [-0.05, 0) is 108 Å². The Hall–Kier alpha value is -6.03. The summed E-state index contributed by atoms with van der Waals surface area (Å²) in [6.45, 7) is 11.1. The monoisotopic (exact) mass is 700 g/mol. The Balaban J connectivity index is 1.17. The Morgan fingerprint density at radius 2 is 1.38 bits per heavy atom. The predicted octanol–water partition coefficient (Wildman–Crippen LogP) is 14.1. The molecule has 0 bridgehead atoms. The molecule has 256 valence electrons. The van der Waals surface area contributed by atoms with E-state index < -0.39 is 0 Å². The van der Waals surface area contributed by atoms with E-state index >= 15 is 0 Å². The molecule has 2 nitrogen and oxygen atoms in total. The number of aromatic nitrogens is 1. The summed E-state index contributed by atoms with van der Waals surface area (Å²) in [4.78, 5) is 5.32. The lowest BCUT2D eigenvalue weighted by atomic mass is 9.92. The first-order chi connectivity index (χ1) is 25.9. The van der Waals surface area contributed by atoms with Crippen molar-refractivity contribution in [1.29, 1.82) is 0 Å². The summed E-state index contributed by atoms with van der Waals surface area (Å²) in [5.74, 6) is 0. The zero-order chi connectivity index (χ0) is 36.1. The highest BCUT2D eigenvalue weighted by Crippen LogP contribution is 2.44. The van der Waals surface area contributed by atoms with Crippen LogP contribution in [-0.4, -0.2) is 10.3 Å². The van der Waals surface area contributed by atoms with Gasteiger partial charge in [0.05, 0.1) is 21.4 Å². The summed E-state index contributed by atoms with van der Waals surface area (Å²) >= 11 is 1.90. The standard InChI is InChI=1S/C50H40N2S/c1-32-14-8-9-17-40(32)45-31-38(23-22-33(45)2)34(3)30-46(51-35(4)36-15-6-5-7-16-36)37-24-26-39(27-25-37)52-47-20-12-10-18-41(47)43-28-29-44-42-19-11-13-21-48(42)53-50(44)49(43)52/h5-24,26,28-31H,3,25,27H2,1-2,4H3/b46-30-,51-35?. The first-order valence-corrected chi connectivity index (χ1v) is 19.2. The fraction of sp³-hybridized carbons (Fsp3) is 0.100. The topological polar surface area (TPSA) is 17.3 Å². The molecule has 1 aliphatic carbocycles. The highest BCUT2D eigenvalue weighted by molar-refractivity contribution is 7.26. The van der Waals surface area contributed by atoms with E-state index in [-0.39, 0.29) is 0 Å². The molecule has 0 spiro atoms. The fourth-order valence-electron chi connectivity index (χ4n) is 7.91. The largest absolute Gasteiger partial charge is 0.312 e. The maximum Gasteiger partial charge on any atom is 0.0716 e. The van der Waals surface area contributed by atoms with Crippen molar-refractivity contribution in [3.05, 3.63) is 192 Å². The second-order valence-corrected chi connectivity index (χ2v) is 15.2. The number of nitrogens with zero attached hydrogens (tertiary/aromatic N) is 2. The molecule has 0 saturated heterocycles. The fourth-order valence-corrected chi connectivity index (χ4v) is 9.15. The highest BCUT2D eigenvalue weighted by Gasteiger charge is 2.21. The molecule has 0 aliphatic heterocycles. The van der Waals surface area contributed by atoms with Gasteiger partial charge in [0.1, 0.15) is 0 Å². The average Bonchev–Trinajstić information content (AvgIpc) is 3.75. The first kappa shape index (κ1) is 32.8. The molecule has 0 fully saturated rings. The summed E-state index contributed by atoms with van der Waals surface area (Å²) < 4.78 is 5.20. The average molecular weight is 701 g/mol. The Labute approximate surface area is 315 Å². The number of para-hydroxylation sites is 1. The van der Waals surface area contributed by atoms with Gasteiger partial charge in [-0.2, -0.15) is 0 Å². The van der Waals surface area contributed by atoms with Crippen molar-refractivity contribution < 1.29 is 0 Å². The molecular formula is C50H40N2S. The van der Waals surface area contributed by atoms with E-state index in [4.69, 9.17) is 4.99 Å². The minimum atomic E-state index is 0.870. The van der Waals surface area contributed by atoms with Crippen LogP contribution >= 0.6 is 11.3 Å². The number of hydrogen-bond acceptors (Lipinski definition) is 2. The third-order valence-corrected chi connectivity index (χ3v) is 12.0. The molecule has 8 aromatic rings.